The molecule has 1 atom stereocenters. The number of guanidine groups is 1. The second-order valence-corrected chi connectivity index (χ2v) is 7.42. The quantitative estimate of drug-likeness (QED) is 0.357. The summed E-state index contributed by atoms with van der Waals surface area (Å²) in [5.74, 6) is 3.10. The van der Waals surface area contributed by atoms with Crippen LogP contribution in [-0.2, 0) is 6.54 Å². The smallest absolute Gasteiger partial charge is 0.191 e. The number of rotatable bonds is 5. The Hall–Kier alpha value is -2.16. The van der Waals surface area contributed by atoms with Crippen LogP contribution in [0.4, 0.5) is 0 Å². The van der Waals surface area contributed by atoms with Crippen molar-refractivity contribution in [2.24, 2.45) is 4.99 Å². The number of hydrogen-bond acceptors (Lipinski definition) is 4. The number of halogens is 1. The highest BCUT2D eigenvalue weighted by atomic mass is 127. The average molecular weight is 511 g/mol. The number of aliphatic imine (C=N–C) groups is 1. The van der Waals surface area contributed by atoms with Gasteiger partial charge in [-0.15, -0.1) is 24.0 Å². The molecule has 2 N–H and O–H groups in total. The van der Waals surface area contributed by atoms with Gasteiger partial charge in [0.1, 0.15) is 11.4 Å². The van der Waals surface area contributed by atoms with Crippen LogP contribution in [0.5, 0.6) is 17.2 Å². The lowest BCUT2D eigenvalue weighted by molar-refractivity contribution is 0.0694. The molecule has 0 saturated carbocycles. The minimum Gasteiger partial charge on any atom is -0.493 e. The third-order valence-electron chi connectivity index (χ3n) is 4.82. The van der Waals surface area contributed by atoms with Crippen LogP contribution < -0.4 is 24.8 Å². The first-order valence-corrected chi connectivity index (χ1v) is 9.42. The van der Waals surface area contributed by atoms with E-state index in [9.17, 15) is 0 Å². The number of methoxy groups -OCH3 is 2. The number of ether oxygens (including phenoxy) is 3. The van der Waals surface area contributed by atoms with Crippen molar-refractivity contribution in [3.05, 3.63) is 53.6 Å². The van der Waals surface area contributed by atoms with E-state index >= 15 is 0 Å². The van der Waals surface area contributed by atoms with Gasteiger partial charge in [0.2, 0.25) is 0 Å². The minimum absolute atomic E-state index is 0. The van der Waals surface area contributed by atoms with Gasteiger partial charge in [-0.25, -0.2) is 0 Å². The van der Waals surface area contributed by atoms with Crippen molar-refractivity contribution in [1.82, 2.24) is 10.6 Å². The number of nitrogens with zero attached hydrogens (tertiary/aromatic N) is 1. The summed E-state index contributed by atoms with van der Waals surface area (Å²) in [7, 11) is 5.05. The second-order valence-electron chi connectivity index (χ2n) is 7.42. The maximum atomic E-state index is 6.12. The predicted molar refractivity (Wildman–Crippen MR) is 127 cm³/mol. The predicted octanol–water partition coefficient (Wildman–Crippen LogP) is 4.29. The van der Waals surface area contributed by atoms with Gasteiger partial charge < -0.3 is 24.8 Å². The van der Waals surface area contributed by atoms with Gasteiger partial charge in [-0.05, 0) is 37.6 Å². The summed E-state index contributed by atoms with van der Waals surface area (Å²) in [4.78, 5) is 4.39. The van der Waals surface area contributed by atoms with E-state index in [0.29, 0.717) is 12.3 Å². The van der Waals surface area contributed by atoms with Gasteiger partial charge in [-0.3, -0.25) is 4.99 Å². The molecule has 0 aromatic heterocycles. The van der Waals surface area contributed by atoms with E-state index in [4.69, 9.17) is 14.2 Å². The third kappa shape index (κ3) is 5.68. The fourth-order valence-electron chi connectivity index (χ4n) is 3.47. The van der Waals surface area contributed by atoms with Gasteiger partial charge in [0.25, 0.3) is 0 Å². The molecule has 1 unspecified atom stereocenters. The van der Waals surface area contributed by atoms with Crippen molar-refractivity contribution in [2.45, 2.75) is 38.5 Å². The molecule has 0 bridgehead atoms. The van der Waals surface area contributed by atoms with Crippen molar-refractivity contribution in [3.8, 4) is 17.2 Å². The second kappa shape index (κ2) is 10.0. The molecule has 0 fully saturated rings. The molecule has 0 amide bonds. The Morgan fingerprint density at radius 3 is 2.55 bits per heavy atom. The van der Waals surface area contributed by atoms with Crippen molar-refractivity contribution in [3.63, 3.8) is 0 Å². The molecule has 1 heterocycles. The Morgan fingerprint density at radius 2 is 1.86 bits per heavy atom. The van der Waals surface area contributed by atoms with E-state index in [2.05, 4.69) is 35.5 Å². The van der Waals surface area contributed by atoms with Gasteiger partial charge in [0, 0.05) is 25.6 Å². The van der Waals surface area contributed by atoms with Gasteiger partial charge in [0.15, 0.2) is 17.5 Å². The molecule has 158 valence electrons. The van der Waals surface area contributed by atoms with E-state index in [0.717, 1.165) is 35.0 Å². The third-order valence-corrected chi connectivity index (χ3v) is 4.82. The fraction of sp³-hybridized carbons (Fsp3) is 0.409. The van der Waals surface area contributed by atoms with Crippen LogP contribution in [0.1, 0.15) is 37.4 Å². The molecule has 2 aromatic rings. The zero-order valence-electron chi connectivity index (χ0n) is 17.6. The Kier molecular flexibility index (Phi) is 8.01. The first kappa shape index (κ1) is 23.1. The lowest BCUT2D eigenvalue weighted by atomic mass is 9.90. The van der Waals surface area contributed by atoms with Crippen LogP contribution in [-0.4, -0.2) is 32.8 Å². The van der Waals surface area contributed by atoms with Crippen LogP contribution in [0, 0.1) is 0 Å². The normalized spacial score (nSPS) is 17.3. The van der Waals surface area contributed by atoms with E-state index in [1.165, 1.54) is 0 Å². The highest BCUT2D eigenvalue weighted by molar-refractivity contribution is 14.0. The maximum Gasteiger partial charge on any atom is 0.191 e. The average Bonchev–Trinajstić information content (AvgIpc) is 2.69. The maximum absolute atomic E-state index is 6.12. The van der Waals surface area contributed by atoms with Crippen molar-refractivity contribution in [2.75, 3.05) is 21.3 Å². The first-order valence-electron chi connectivity index (χ1n) is 9.42. The molecule has 0 aliphatic carbocycles. The highest BCUT2D eigenvalue weighted by Gasteiger charge is 2.33. The zero-order chi connectivity index (χ0) is 20.1. The van der Waals surface area contributed by atoms with E-state index in [1.54, 1.807) is 21.3 Å². The van der Waals surface area contributed by atoms with E-state index in [-0.39, 0.29) is 35.6 Å². The zero-order valence-corrected chi connectivity index (χ0v) is 19.9. The summed E-state index contributed by atoms with van der Waals surface area (Å²) in [6.45, 7) is 4.84. The molecule has 7 heteroatoms. The standard InChI is InChI=1S/C22H29N3O3.HI/c1-22(2)13-17(16-8-6-7-9-18(16)28-22)25-21(23-3)24-14-15-10-11-19(26-4)20(12-15)27-5;/h6-12,17H,13-14H2,1-5H3,(H2,23,24,25);1H. The van der Waals surface area contributed by atoms with Gasteiger partial charge >= 0.3 is 0 Å². The van der Waals surface area contributed by atoms with Gasteiger partial charge in [-0.2, -0.15) is 0 Å². The molecule has 6 nitrogen and oxygen atoms in total. The van der Waals surface area contributed by atoms with Crippen LogP contribution in [0.2, 0.25) is 0 Å². The van der Waals surface area contributed by atoms with Crippen molar-refractivity contribution >= 4 is 29.9 Å². The van der Waals surface area contributed by atoms with Crippen molar-refractivity contribution < 1.29 is 14.2 Å². The Bertz CT molecular complexity index is 855. The number of fused-ring (bicyclic) bond motifs is 1. The summed E-state index contributed by atoms with van der Waals surface area (Å²) < 4.78 is 16.8. The van der Waals surface area contributed by atoms with Crippen molar-refractivity contribution in [1.29, 1.82) is 0 Å². The van der Waals surface area contributed by atoms with Crippen LogP contribution >= 0.6 is 24.0 Å². The summed E-state index contributed by atoms with van der Waals surface area (Å²) >= 11 is 0. The number of para-hydroxylation sites is 1. The molecular formula is C22H30IN3O3. The van der Waals surface area contributed by atoms with Gasteiger partial charge in [0.05, 0.1) is 20.3 Å². The molecule has 1 aliphatic rings. The monoisotopic (exact) mass is 511 g/mol. The fourth-order valence-corrected chi connectivity index (χ4v) is 3.47. The van der Waals surface area contributed by atoms with E-state index in [1.807, 2.05) is 36.4 Å². The molecule has 29 heavy (non-hydrogen) atoms. The van der Waals surface area contributed by atoms with Crippen LogP contribution in [0.15, 0.2) is 47.5 Å². The first-order chi connectivity index (χ1) is 13.5. The number of nitrogens with one attached hydrogen (secondary N) is 2. The summed E-state index contributed by atoms with van der Waals surface area (Å²) in [5, 5.41) is 6.92. The lowest BCUT2D eigenvalue weighted by Gasteiger charge is -2.38. The number of benzene rings is 2. The Morgan fingerprint density at radius 1 is 1.14 bits per heavy atom. The molecule has 0 saturated heterocycles. The van der Waals surface area contributed by atoms with Crippen LogP contribution in [0.25, 0.3) is 0 Å². The minimum atomic E-state index is -0.242. The summed E-state index contributed by atoms with van der Waals surface area (Å²) in [6.07, 6.45) is 0.848. The lowest BCUT2D eigenvalue weighted by Crippen LogP contribution is -2.45. The molecule has 0 radical (unpaired) electrons. The molecule has 3 rings (SSSR count). The van der Waals surface area contributed by atoms with Crippen LogP contribution in [0.3, 0.4) is 0 Å². The van der Waals surface area contributed by atoms with Gasteiger partial charge in [-0.1, -0.05) is 24.3 Å². The Labute approximate surface area is 190 Å². The Balaban J connectivity index is 0.00000300. The molecular weight excluding hydrogens is 481 g/mol. The summed E-state index contributed by atoms with van der Waals surface area (Å²) in [5.41, 5.74) is 1.98. The molecule has 0 spiro atoms. The topological polar surface area (TPSA) is 64.1 Å². The molecule has 2 aromatic carbocycles. The van der Waals surface area contributed by atoms with E-state index < -0.39 is 0 Å². The molecule has 1 aliphatic heterocycles. The number of hydrogen-bond donors (Lipinski definition) is 2. The summed E-state index contributed by atoms with van der Waals surface area (Å²) in [6, 6.07) is 14.2. The SMILES string of the molecule is CN=C(NCc1ccc(OC)c(OC)c1)NC1CC(C)(C)Oc2ccccc21.I. The largest absolute Gasteiger partial charge is 0.493 e. The highest BCUT2D eigenvalue weighted by Crippen LogP contribution is 2.39.